The largest absolute Gasteiger partial charge is 0.507 e. The average molecular weight is 438 g/mol. The highest BCUT2D eigenvalue weighted by atomic mass is 16.5. The van der Waals surface area contributed by atoms with E-state index >= 15 is 0 Å². The minimum atomic E-state index is -0.718. The molecule has 1 heterocycles. The number of likely N-dealkylation sites (tertiary alicyclic amines) is 1. The molecule has 1 fully saturated rings. The third-order valence-electron chi connectivity index (χ3n) is 5.54. The van der Waals surface area contributed by atoms with Gasteiger partial charge in [-0.3, -0.25) is 9.59 Å². The zero-order valence-corrected chi connectivity index (χ0v) is 19.3. The summed E-state index contributed by atoms with van der Waals surface area (Å²) < 4.78 is 11.3. The van der Waals surface area contributed by atoms with Crippen molar-refractivity contribution in [2.45, 2.75) is 52.7 Å². The normalized spacial score (nSPS) is 17.8. The number of ether oxygens (including phenoxy) is 2. The molecule has 0 spiro atoms. The molecule has 1 atom stereocenters. The molecular formula is C26H31NO5. The van der Waals surface area contributed by atoms with E-state index in [0.29, 0.717) is 29.2 Å². The molecule has 170 valence electrons. The maximum atomic E-state index is 13.1. The summed E-state index contributed by atoms with van der Waals surface area (Å²) in [6, 6.07) is 11.8. The average Bonchev–Trinajstić information content (AvgIpc) is 3.02. The summed E-state index contributed by atoms with van der Waals surface area (Å²) in [4.78, 5) is 27.6. The zero-order valence-electron chi connectivity index (χ0n) is 19.3. The molecule has 2 aromatic rings. The Labute approximate surface area is 189 Å². The zero-order chi connectivity index (χ0) is 23.4. The number of rotatable bonds is 8. The van der Waals surface area contributed by atoms with Gasteiger partial charge in [0.05, 0.1) is 24.8 Å². The lowest BCUT2D eigenvalue weighted by Gasteiger charge is -2.26. The van der Waals surface area contributed by atoms with E-state index in [1.165, 1.54) is 0 Å². The first-order valence-electron chi connectivity index (χ1n) is 11.0. The van der Waals surface area contributed by atoms with Crippen LogP contribution in [-0.4, -0.2) is 41.5 Å². The fourth-order valence-corrected chi connectivity index (χ4v) is 3.99. The van der Waals surface area contributed by atoms with Gasteiger partial charge < -0.3 is 19.5 Å². The van der Waals surface area contributed by atoms with E-state index in [-0.39, 0.29) is 17.4 Å². The number of para-hydroxylation sites is 1. The lowest BCUT2D eigenvalue weighted by molar-refractivity contribution is -0.139. The van der Waals surface area contributed by atoms with Gasteiger partial charge in [0.15, 0.2) is 0 Å². The molecule has 0 aliphatic carbocycles. The van der Waals surface area contributed by atoms with Crippen molar-refractivity contribution in [1.82, 2.24) is 4.90 Å². The number of aliphatic hydroxyl groups excluding tert-OH is 1. The van der Waals surface area contributed by atoms with Crippen LogP contribution < -0.4 is 9.47 Å². The number of ketones is 1. The maximum Gasteiger partial charge on any atom is 0.295 e. The van der Waals surface area contributed by atoms with Crippen LogP contribution in [0.15, 0.2) is 48.0 Å². The Hall–Kier alpha value is -3.28. The number of unbranched alkanes of at least 4 members (excludes halogenated alkanes) is 1. The molecule has 6 nitrogen and oxygen atoms in total. The van der Waals surface area contributed by atoms with Gasteiger partial charge >= 0.3 is 0 Å². The molecule has 1 N–H and O–H groups in total. The van der Waals surface area contributed by atoms with Crippen molar-refractivity contribution in [3.05, 3.63) is 64.7 Å². The van der Waals surface area contributed by atoms with E-state index in [4.69, 9.17) is 9.47 Å². The number of carbonyl (C=O) groups is 2. The van der Waals surface area contributed by atoms with Gasteiger partial charge in [-0.2, -0.15) is 0 Å². The summed E-state index contributed by atoms with van der Waals surface area (Å²) in [6.07, 6.45) is 1.64. The maximum absolute atomic E-state index is 13.1. The first-order chi connectivity index (χ1) is 15.3. The molecule has 1 unspecified atom stereocenters. The second-order valence-corrected chi connectivity index (χ2v) is 8.23. The molecule has 1 saturated heterocycles. The van der Waals surface area contributed by atoms with Gasteiger partial charge in [-0.25, -0.2) is 0 Å². The number of aliphatic hydroxyl groups is 1. The Morgan fingerprint density at radius 3 is 2.47 bits per heavy atom. The number of amides is 1. The molecule has 1 amide bonds. The fourth-order valence-electron chi connectivity index (χ4n) is 3.99. The lowest BCUT2D eigenvalue weighted by atomic mass is 9.94. The molecule has 0 radical (unpaired) electrons. The van der Waals surface area contributed by atoms with Gasteiger partial charge in [0.2, 0.25) is 0 Å². The van der Waals surface area contributed by atoms with Gasteiger partial charge in [-0.1, -0.05) is 31.5 Å². The van der Waals surface area contributed by atoms with E-state index in [1.807, 2.05) is 45.9 Å². The van der Waals surface area contributed by atoms with Crippen molar-refractivity contribution in [2.75, 3.05) is 13.7 Å². The Morgan fingerprint density at radius 2 is 1.84 bits per heavy atom. The molecule has 2 aromatic carbocycles. The summed E-state index contributed by atoms with van der Waals surface area (Å²) in [5, 5.41) is 11.2. The number of nitrogens with zero attached hydrogens (tertiary/aromatic N) is 1. The molecule has 1 aliphatic rings. The van der Waals surface area contributed by atoms with Crippen LogP contribution in [0.5, 0.6) is 11.5 Å². The van der Waals surface area contributed by atoms with Crippen LogP contribution in [0.1, 0.15) is 56.3 Å². The van der Waals surface area contributed by atoms with E-state index in [9.17, 15) is 14.7 Å². The number of hydrogen-bond acceptors (Lipinski definition) is 5. The predicted octanol–water partition coefficient (Wildman–Crippen LogP) is 5.01. The number of Topliss-reactive ketones (excluding diaryl/α,β-unsaturated/α-hetero) is 1. The lowest BCUT2D eigenvalue weighted by Crippen LogP contribution is -2.30. The Bertz CT molecular complexity index is 1040. The van der Waals surface area contributed by atoms with Gasteiger partial charge in [0, 0.05) is 17.7 Å². The predicted molar refractivity (Wildman–Crippen MR) is 124 cm³/mol. The van der Waals surface area contributed by atoms with Crippen LogP contribution in [0.2, 0.25) is 0 Å². The second kappa shape index (κ2) is 9.90. The van der Waals surface area contributed by atoms with Crippen molar-refractivity contribution in [3.63, 3.8) is 0 Å². The molecule has 1 aliphatic heterocycles. The molecule has 6 heteroatoms. The monoisotopic (exact) mass is 437 g/mol. The minimum Gasteiger partial charge on any atom is -0.507 e. The molecule has 32 heavy (non-hydrogen) atoms. The number of methoxy groups -OCH3 is 1. The molecule has 0 aromatic heterocycles. The molecular weight excluding hydrogens is 406 g/mol. The number of aryl methyl sites for hydroxylation is 1. The highest BCUT2D eigenvalue weighted by Gasteiger charge is 2.46. The SMILES string of the molecule is CCCCN1C(=O)C(=O)/C(=C(/O)c2ccc(OC(C)C)c(C)c2)C1c1ccccc1OC. The quantitative estimate of drug-likeness (QED) is 0.357. The van der Waals surface area contributed by atoms with Crippen molar-refractivity contribution < 1.29 is 24.2 Å². The van der Waals surface area contributed by atoms with E-state index in [0.717, 1.165) is 18.4 Å². The van der Waals surface area contributed by atoms with Crippen LogP contribution in [0.25, 0.3) is 5.76 Å². The summed E-state index contributed by atoms with van der Waals surface area (Å²) in [7, 11) is 1.55. The van der Waals surface area contributed by atoms with Crippen molar-refractivity contribution in [3.8, 4) is 11.5 Å². The Balaban J connectivity index is 2.16. The van der Waals surface area contributed by atoms with Gasteiger partial charge in [-0.15, -0.1) is 0 Å². The minimum absolute atomic E-state index is 0.0163. The number of carbonyl (C=O) groups excluding carboxylic acids is 2. The third-order valence-corrected chi connectivity index (χ3v) is 5.54. The first-order valence-corrected chi connectivity index (χ1v) is 11.0. The van der Waals surface area contributed by atoms with Crippen LogP contribution >= 0.6 is 0 Å². The van der Waals surface area contributed by atoms with Crippen molar-refractivity contribution in [1.29, 1.82) is 0 Å². The number of hydrogen-bond donors (Lipinski definition) is 1. The second-order valence-electron chi connectivity index (χ2n) is 8.23. The van der Waals surface area contributed by atoms with E-state index in [2.05, 4.69) is 0 Å². The summed E-state index contributed by atoms with van der Waals surface area (Å²) in [6.45, 7) is 8.21. The highest BCUT2D eigenvalue weighted by Crippen LogP contribution is 2.43. The van der Waals surface area contributed by atoms with Crippen LogP contribution in [-0.2, 0) is 9.59 Å². The smallest absolute Gasteiger partial charge is 0.295 e. The highest BCUT2D eigenvalue weighted by molar-refractivity contribution is 6.46. The fraction of sp³-hybridized carbons (Fsp3) is 0.385. The Morgan fingerprint density at radius 1 is 1.12 bits per heavy atom. The molecule has 0 saturated carbocycles. The topological polar surface area (TPSA) is 76.1 Å². The Kier molecular flexibility index (Phi) is 7.23. The van der Waals surface area contributed by atoms with Crippen LogP contribution in [0, 0.1) is 6.92 Å². The van der Waals surface area contributed by atoms with E-state index in [1.54, 1.807) is 36.3 Å². The molecule has 3 rings (SSSR count). The molecule has 0 bridgehead atoms. The van der Waals surface area contributed by atoms with Gasteiger partial charge in [-0.05, 0) is 57.0 Å². The summed E-state index contributed by atoms with van der Waals surface area (Å²) >= 11 is 0. The van der Waals surface area contributed by atoms with Crippen molar-refractivity contribution in [2.24, 2.45) is 0 Å². The third kappa shape index (κ3) is 4.49. The first kappa shape index (κ1) is 23.4. The van der Waals surface area contributed by atoms with E-state index < -0.39 is 17.7 Å². The van der Waals surface area contributed by atoms with Crippen molar-refractivity contribution >= 4 is 17.4 Å². The van der Waals surface area contributed by atoms with Crippen LogP contribution in [0.4, 0.5) is 0 Å². The van der Waals surface area contributed by atoms with Gasteiger partial charge in [0.1, 0.15) is 17.3 Å². The summed E-state index contributed by atoms with van der Waals surface area (Å²) in [5.74, 6) is -0.218. The number of benzene rings is 2. The van der Waals surface area contributed by atoms with Gasteiger partial charge in [0.25, 0.3) is 11.7 Å². The summed E-state index contributed by atoms with van der Waals surface area (Å²) in [5.41, 5.74) is 2.04. The van der Waals surface area contributed by atoms with Crippen LogP contribution in [0.3, 0.4) is 0 Å². The standard InChI is InChI=1S/C26H31NO5/c1-6-7-14-27-23(19-10-8-9-11-21(19)31-5)22(25(29)26(27)30)24(28)18-12-13-20(17(4)15-18)32-16(2)3/h8-13,15-16,23,28H,6-7,14H2,1-5H3/b24-22+.